The normalized spacial score (nSPS) is 10.6. The van der Waals surface area contributed by atoms with Crippen LogP contribution in [0.25, 0.3) is 11.0 Å². The minimum Gasteiger partial charge on any atom is -0.344 e. The Labute approximate surface area is 89.5 Å². The minimum atomic E-state index is 0.493. The van der Waals surface area contributed by atoms with Gasteiger partial charge < -0.3 is 4.98 Å². The topological polar surface area (TPSA) is 28.7 Å². The summed E-state index contributed by atoms with van der Waals surface area (Å²) in [7, 11) is 0. The van der Waals surface area contributed by atoms with Crippen LogP contribution in [-0.2, 0) is 0 Å². The van der Waals surface area contributed by atoms with Crippen LogP contribution in [-0.4, -0.2) is 9.97 Å². The number of rotatable bonds is 0. The van der Waals surface area contributed by atoms with Gasteiger partial charge in [-0.3, -0.25) is 4.98 Å². The van der Waals surface area contributed by atoms with E-state index in [1.54, 1.807) is 18.3 Å². The first-order valence-electron chi connectivity index (χ1n) is 3.51. The summed E-state index contributed by atoms with van der Waals surface area (Å²) in [5, 5.41) is 0.986. The van der Waals surface area contributed by atoms with Gasteiger partial charge in [0.15, 0.2) is 0 Å². The van der Waals surface area contributed by atoms with Crippen LogP contribution >= 0.6 is 35.4 Å². The summed E-state index contributed by atoms with van der Waals surface area (Å²) in [6, 6.07) is 3.41. The molecule has 0 saturated carbocycles. The lowest BCUT2D eigenvalue weighted by atomic mass is 10.3. The number of aromatic amines is 1. The highest BCUT2D eigenvalue weighted by Gasteiger charge is 2.01. The Morgan fingerprint density at radius 2 is 1.92 bits per heavy atom. The molecule has 0 bridgehead atoms. The van der Waals surface area contributed by atoms with Crippen LogP contribution in [0.15, 0.2) is 18.3 Å². The molecule has 0 aliphatic carbocycles. The van der Waals surface area contributed by atoms with Crippen molar-refractivity contribution in [2.45, 2.75) is 0 Å². The van der Waals surface area contributed by atoms with Gasteiger partial charge in [-0.25, -0.2) is 0 Å². The Kier molecular flexibility index (Phi) is 2.24. The summed E-state index contributed by atoms with van der Waals surface area (Å²) >= 11 is 16.6. The van der Waals surface area contributed by atoms with Gasteiger partial charge in [0.05, 0.1) is 27.3 Å². The second-order valence-corrected chi connectivity index (χ2v) is 3.79. The molecule has 1 heterocycles. The molecule has 2 rings (SSSR count). The number of hydrogen-bond donors (Lipinski definition) is 1. The second kappa shape index (κ2) is 3.25. The van der Waals surface area contributed by atoms with Crippen LogP contribution < -0.4 is 0 Å². The van der Waals surface area contributed by atoms with E-state index in [9.17, 15) is 0 Å². The molecule has 0 spiro atoms. The third-order valence-electron chi connectivity index (χ3n) is 1.62. The molecule has 0 fully saturated rings. The zero-order chi connectivity index (χ0) is 9.42. The van der Waals surface area contributed by atoms with E-state index in [4.69, 9.17) is 35.4 Å². The molecule has 1 aromatic heterocycles. The number of aromatic nitrogens is 2. The van der Waals surface area contributed by atoms with E-state index >= 15 is 0 Å². The van der Waals surface area contributed by atoms with Crippen LogP contribution in [0, 0.1) is 4.64 Å². The van der Waals surface area contributed by atoms with Crippen molar-refractivity contribution in [3.05, 3.63) is 33.0 Å². The molecule has 0 atom stereocenters. The molecule has 5 heteroatoms. The molecule has 0 aliphatic rings. The predicted molar refractivity (Wildman–Crippen MR) is 56.9 cm³/mol. The number of fused-ring (bicyclic) bond motifs is 1. The second-order valence-electron chi connectivity index (χ2n) is 2.53. The van der Waals surface area contributed by atoms with Gasteiger partial charge in [0.1, 0.15) is 4.64 Å². The minimum absolute atomic E-state index is 0.493. The lowest BCUT2D eigenvalue weighted by Crippen LogP contribution is -1.83. The molecule has 0 unspecified atom stereocenters. The van der Waals surface area contributed by atoms with Crippen molar-refractivity contribution >= 4 is 46.5 Å². The van der Waals surface area contributed by atoms with E-state index in [1.165, 1.54) is 0 Å². The molecular weight excluding hydrogens is 227 g/mol. The highest BCUT2D eigenvalue weighted by atomic mass is 35.5. The Morgan fingerprint density at radius 1 is 1.23 bits per heavy atom. The highest BCUT2D eigenvalue weighted by Crippen LogP contribution is 2.25. The standard InChI is InChI=1S/C8H4Cl2N2S/c9-4-1-6-7(2-5(4)10)12-8(13)3-11-6/h1-3H,(H,12,13). The molecule has 0 amide bonds. The summed E-state index contributed by atoms with van der Waals surface area (Å²) < 4.78 is 0.575. The molecular formula is C8H4Cl2N2S. The summed E-state index contributed by atoms with van der Waals surface area (Å²) in [5.74, 6) is 0. The number of halogens is 2. The van der Waals surface area contributed by atoms with Crippen molar-refractivity contribution < 1.29 is 0 Å². The maximum atomic E-state index is 5.83. The van der Waals surface area contributed by atoms with Crippen LogP contribution in [0.2, 0.25) is 10.0 Å². The van der Waals surface area contributed by atoms with Crippen LogP contribution in [0.5, 0.6) is 0 Å². The molecule has 1 N–H and O–H groups in total. The predicted octanol–water partition coefficient (Wildman–Crippen LogP) is 3.60. The third kappa shape index (κ3) is 1.68. The Balaban J connectivity index is 2.89. The highest BCUT2D eigenvalue weighted by molar-refractivity contribution is 7.71. The van der Waals surface area contributed by atoms with Gasteiger partial charge in [-0.15, -0.1) is 0 Å². The zero-order valence-electron chi connectivity index (χ0n) is 6.34. The van der Waals surface area contributed by atoms with Crippen LogP contribution in [0.4, 0.5) is 0 Å². The van der Waals surface area contributed by atoms with Crippen LogP contribution in [0.3, 0.4) is 0 Å². The van der Waals surface area contributed by atoms with Gasteiger partial charge in [-0.1, -0.05) is 35.4 Å². The van der Waals surface area contributed by atoms with Gasteiger partial charge in [0.25, 0.3) is 0 Å². The molecule has 0 saturated heterocycles. The third-order valence-corrected chi connectivity index (χ3v) is 2.55. The summed E-state index contributed by atoms with van der Waals surface area (Å²) in [6.07, 6.45) is 1.57. The molecule has 0 aliphatic heterocycles. The maximum Gasteiger partial charge on any atom is 0.122 e. The zero-order valence-corrected chi connectivity index (χ0v) is 8.67. The molecule has 13 heavy (non-hydrogen) atoms. The van der Waals surface area contributed by atoms with Gasteiger partial charge in [0, 0.05) is 0 Å². The smallest absolute Gasteiger partial charge is 0.122 e. The summed E-state index contributed by atoms with van der Waals surface area (Å²) in [6.45, 7) is 0. The number of H-pyrrole nitrogens is 1. The fraction of sp³-hybridized carbons (Fsp3) is 0. The van der Waals surface area contributed by atoms with Gasteiger partial charge >= 0.3 is 0 Å². The van der Waals surface area contributed by atoms with Crippen molar-refractivity contribution in [1.82, 2.24) is 9.97 Å². The Morgan fingerprint density at radius 3 is 2.69 bits per heavy atom. The molecule has 2 nitrogen and oxygen atoms in total. The fourth-order valence-corrected chi connectivity index (χ4v) is 1.52. The van der Waals surface area contributed by atoms with Crippen molar-refractivity contribution in [3.63, 3.8) is 0 Å². The maximum absolute atomic E-state index is 5.83. The van der Waals surface area contributed by atoms with Gasteiger partial charge in [-0.05, 0) is 12.1 Å². The summed E-state index contributed by atoms with van der Waals surface area (Å²) in [5.41, 5.74) is 1.55. The largest absolute Gasteiger partial charge is 0.344 e. The number of hydrogen-bond acceptors (Lipinski definition) is 2. The Bertz CT molecular complexity index is 521. The first kappa shape index (κ1) is 8.94. The summed E-state index contributed by atoms with van der Waals surface area (Å²) in [4.78, 5) is 7.07. The van der Waals surface area contributed by atoms with Crippen molar-refractivity contribution in [3.8, 4) is 0 Å². The molecule has 0 radical (unpaired) electrons. The van der Waals surface area contributed by atoms with Crippen molar-refractivity contribution in [1.29, 1.82) is 0 Å². The first-order valence-corrected chi connectivity index (χ1v) is 4.67. The SMILES string of the molecule is S=c1cnc2cc(Cl)c(Cl)cc2[nH]1. The van der Waals surface area contributed by atoms with Crippen molar-refractivity contribution in [2.75, 3.05) is 0 Å². The average Bonchev–Trinajstić information content (AvgIpc) is 2.08. The van der Waals surface area contributed by atoms with E-state index in [-0.39, 0.29) is 0 Å². The average molecular weight is 231 g/mol. The Hall–Kier alpha value is -0.640. The molecule has 2 aromatic rings. The lowest BCUT2D eigenvalue weighted by molar-refractivity contribution is 1.27. The van der Waals surface area contributed by atoms with E-state index in [1.807, 2.05) is 0 Å². The molecule has 1 aromatic carbocycles. The van der Waals surface area contributed by atoms with E-state index < -0.39 is 0 Å². The fourth-order valence-electron chi connectivity index (χ4n) is 1.04. The molecule has 66 valence electrons. The number of benzene rings is 1. The van der Waals surface area contributed by atoms with Gasteiger partial charge in [-0.2, -0.15) is 0 Å². The van der Waals surface area contributed by atoms with Crippen molar-refractivity contribution in [2.24, 2.45) is 0 Å². The number of nitrogens with one attached hydrogen (secondary N) is 1. The van der Waals surface area contributed by atoms with Gasteiger partial charge in [0.2, 0.25) is 0 Å². The van der Waals surface area contributed by atoms with E-state index in [2.05, 4.69) is 9.97 Å². The number of nitrogens with zero attached hydrogens (tertiary/aromatic N) is 1. The van der Waals surface area contributed by atoms with E-state index in [0.717, 1.165) is 11.0 Å². The monoisotopic (exact) mass is 230 g/mol. The van der Waals surface area contributed by atoms with E-state index in [0.29, 0.717) is 14.7 Å². The van der Waals surface area contributed by atoms with Crippen LogP contribution in [0.1, 0.15) is 0 Å². The quantitative estimate of drug-likeness (QED) is 0.701. The lowest BCUT2D eigenvalue weighted by Gasteiger charge is -1.99. The first-order chi connectivity index (χ1) is 6.16.